The summed E-state index contributed by atoms with van der Waals surface area (Å²) in [6, 6.07) is 18.6. The van der Waals surface area contributed by atoms with E-state index in [-0.39, 0.29) is 12.4 Å². The summed E-state index contributed by atoms with van der Waals surface area (Å²) in [7, 11) is 0. The number of carbonyl (C=O) groups excluding carboxylic acids is 1. The Morgan fingerprint density at radius 3 is 2.43 bits per heavy atom. The zero-order chi connectivity index (χ0) is 25.0. The van der Waals surface area contributed by atoms with Gasteiger partial charge in [-0.3, -0.25) is 4.79 Å². The van der Waals surface area contributed by atoms with E-state index in [2.05, 4.69) is 5.10 Å². The first-order valence-corrected chi connectivity index (χ1v) is 10.7. The first-order valence-electron chi connectivity index (χ1n) is 10.7. The summed E-state index contributed by atoms with van der Waals surface area (Å²) in [6.45, 7) is 1.30. The van der Waals surface area contributed by atoms with Crippen molar-refractivity contribution < 1.29 is 31.8 Å². The maximum Gasteiger partial charge on any atom is 0.471 e. The van der Waals surface area contributed by atoms with Gasteiger partial charge >= 0.3 is 12.1 Å². The van der Waals surface area contributed by atoms with Crippen molar-refractivity contribution in [2.24, 2.45) is 0 Å². The van der Waals surface area contributed by atoms with Gasteiger partial charge in [-0.2, -0.15) is 18.3 Å². The van der Waals surface area contributed by atoms with E-state index < -0.39 is 24.2 Å². The van der Waals surface area contributed by atoms with Crippen molar-refractivity contribution in [3.8, 4) is 17.2 Å². The van der Waals surface area contributed by atoms with Crippen LogP contribution in [0.1, 0.15) is 6.92 Å². The lowest BCUT2D eigenvalue weighted by molar-refractivity contribution is -0.175. The highest BCUT2D eigenvalue weighted by atomic mass is 19.4. The van der Waals surface area contributed by atoms with E-state index in [1.165, 1.54) is 19.1 Å². The monoisotopic (exact) mass is 487 g/mol. The van der Waals surface area contributed by atoms with Gasteiger partial charge in [0.1, 0.15) is 23.9 Å². The number of benzene rings is 3. The third-order valence-electron chi connectivity index (χ3n) is 5.23. The first kappa shape index (κ1) is 24.1. The van der Waals surface area contributed by atoms with Gasteiger partial charge in [-0.1, -0.05) is 18.2 Å². The number of hydrogen-bond donors (Lipinski definition) is 1. The molecule has 35 heavy (non-hydrogen) atoms. The molecule has 4 aromatic rings. The molecule has 3 aromatic carbocycles. The second kappa shape index (κ2) is 10.0. The maximum absolute atomic E-state index is 13.3. The Morgan fingerprint density at radius 2 is 1.74 bits per heavy atom. The molecule has 0 spiro atoms. The van der Waals surface area contributed by atoms with Crippen LogP contribution in [0.25, 0.3) is 16.6 Å². The van der Waals surface area contributed by atoms with Crippen molar-refractivity contribution in [3.63, 3.8) is 0 Å². The Bertz CT molecular complexity index is 1290. The zero-order valence-electron chi connectivity index (χ0n) is 18.5. The Balaban J connectivity index is 1.55. The molecule has 6 nitrogen and oxygen atoms in total. The molecule has 2 unspecified atom stereocenters. The number of halogens is 4. The van der Waals surface area contributed by atoms with E-state index in [0.29, 0.717) is 22.6 Å². The minimum Gasteiger partial charge on any atom is -0.490 e. The van der Waals surface area contributed by atoms with Gasteiger partial charge in [0.2, 0.25) is 0 Å². The van der Waals surface area contributed by atoms with E-state index in [9.17, 15) is 22.4 Å². The van der Waals surface area contributed by atoms with E-state index in [1.54, 1.807) is 71.5 Å². The molecule has 0 fully saturated rings. The Labute approximate surface area is 198 Å². The molecule has 0 bridgehead atoms. The summed E-state index contributed by atoms with van der Waals surface area (Å²) in [6.07, 6.45) is -4.37. The van der Waals surface area contributed by atoms with Gasteiger partial charge in [-0.05, 0) is 61.5 Å². The molecule has 1 heterocycles. The lowest BCUT2D eigenvalue weighted by atomic mass is 10.2. The van der Waals surface area contributed by atoms with Crippen LogP contribution < -0.4 is 14.8 Å². The van der Waals surface area contributed by atoms with E-state index >= 15 is 0 Å². The summed E-state index contributed by atoms with van der Waals surface area (Å²) in [5, 5.41) is 6.95. The fraction of sp³-hybridized carbons (Fsp3) is 0.200. The summed E-state index contributed by atoms with van der Waals surface area (Å²) in [4.78, 5) is 11.5. The van der Waals surface area contributed by atoms with Crippen molar-refractivity contribution in [1.82, 2.24) is 15.1 Å². The predicted molar refractivity (Wildman–Crippen MR) is 121 cm³/mol. The molecular weight excluding hydrogens is 466 g/mol. The molecule has 0 saturated heterocycles. The second-order valence-corrected chi connectivity index (χ2v) is 7.79. The van der Waals surface area contributed by atoms with Crippen LogP contribution in [-0.2, 0) is 4.79 Å². The third kappa shape index (κ3) is 5.89. The summed E-state index contributed by atoms with van der Waals surface area (Å²) < 4.78 is 64.8. The fourth-order valence-corrected chi connectivity index (χ4v) is 3.40. The molecule has 0 aliphatic carbocycles. The minimum atomic E-state index is -5.02. The smallest absolute Gasteiger partial charge is 0.471 e. The number of amides is 1. The van der Waals surface area contributed by atoms with E-state index in [4.69, 9.17) is 9.47 Å². The average molecular weight is 487 g/mol. The summed E-state index contributed by atoms with van der Waals surface area (Å²) >= 11 is 0. The Morgan fingerprint density at radius 1 is 1.03 bits per heavy atom. The van der Waals surface area contributed by atoms with Crippen LogP contribution in [0.15, 0.2) is 79.0 Å². The third-order valence-corrected chi connectivity index (χ3v) is 5.23. The molecule has 2 atom stereocenters. The van der Waals surface area contributed by atoms with Gasteiger partial charge < -0.3 is 14.8 Å². The van der Waals surface area contributed by atoms with Gasteiger partial charge in [0.05, 0.1) is 23.4 Å². The van der Waals surface area contributed by atoms with Gasteiger partial charge in [0.25, 0.3) is 0 Å². The molecule has 1 N–H and O–H groups in total. The number of ether oxygens (including phenoxy) is 2. The van der Waals surface area contributed by atoms with Gasteiger partial charge in [0, 0.05) is 5.39 Å². The van der Waals surface area contributed by atoms with E-state index in [1.807, 2.05) is 5.32 Å². The second-order valence-electron chi connectivity index (χ2n) is 7.79. The number of rotatable bonds is 8. The quantitative estimate of drug-likeness (QED) is 0.353. The molecule has 0 radical (unpaired) electrons. The summed E-state index contributed by atoms with van der Waals surface area (Å²) in [5.74, 6) is -1.57. The zero-order valence-corrected chi connectivity index (χ0v) is 18.5. The first-order chi connectivity index (χ1) is 16.7. The Hall–Kier alpha value is -4.08. The highest BCUT2D eigenvalue weighted by Gasteiger charge is 2.40. The average Bonchev–Trinajstić information content (AvgIpc) is 3.25. The summed E-state index contributed by atoms with van der Waals surface area (Å²) in [5.41, 5.74) is 1.38. The number of nitrogens with one attached hydrogen (secondary N) is 1. The molecular formula is C25H21F4N3O3. The number of nitrogens with zero attached hydrogens (tertiary/aromatic N) is 2. The highest BCUT2D eigenvalue weighted by molar-refractivity contribution is 5.82. The fourth-order valence-electron chi connectivity index (χ4n) is 3.40. The van der Waals surface area contributed by atoms with Gasteiger partial charge in [-0.25, -0.2) is 9.07 Å². The highest BCUT2D eigenvalue weighted by Crippen LogP contribution is 2.25. The van der Waals surface area contributed by atoms with Crippen molar-refractivity contribution in [1.29, 1.82) is 0 Å². The number of hydrogen-bond acceptors (Lipinski definition) is 4. The Kier molecular flexibility index (Phi) is 6.90. The molecule has 0 aliphatic rings. The molecule has 0 saturated carbocycles. The van der Waals surface area contributed by atoms with Crippen molar-refractivity contribution in [2.45, 2.75) is 25.2 Å². The van der Waals surface area contributed by atoms with E-state index in [0.717, 1.165) is 5.52 Å². The van der Waals surface area contributed by atoms with Crippen LogP contribution in [0.2, 0.25) is 0 Å². The molecule has 10 heteroatoms. The topological polar surface area (TPSA) is 65.4 Å². The van der Waals surface area contributed by atoms with Crippen LogP contribution in [0.5, 0.6) is 11.5 Å². The largest absolute Gasteiger partial charge is 0.490 e. The SMILES string of the molecule is CC(NC(=O)C(F)(F)F)C(COc1ccccc1)Oc1ccc2c(cnn2-c2ccc(F)cc2)c1. The van der Waals surface area contributed by atoms with Crippen LogP contribution in [0.4, 0.5) is 17.6 Å². The molecule has 0 aliphatic heterocycles. The van der Waals surface area contributed by atoms with Crippen molar-refractivity contribution in [2.75, 3.05) is 6.61 Å². The van der Waals surface area contributed by atoms with Gasteiger partial charge in [-0.15, -0.1) is 0 Å². The molecule has 1 amide bonds. The maximum atomic E-state index is 13.3. The van der Waals surface area contributed by atoms with Crippen LogP contribution in [-0.4, -0.2) is 40.6 Å². The lowest BCUT2D eigenvalue weighted by Gasteiger charge is -2.26. The number of para-hydroxylation sites is 1. The number of alkyl halides is 3. The minimum absolute atomic E-state index is 0.115. The van der Waals surface area contributed by atoms with Gasteiger partial charge in [0.15, 0.2) is 6.10 Å². The van der Waals surface area contributed by atoms with Crippen LogP contribution in [0.3, 0.4) is 0 Å². The molecule has 4 rings (SSSR count). The lowest BCUT2D eigenvalue weighted by Crippen LogP contribution is -2.50. The normalized spacial score (nSPS) is 13.3. The standard InChI is InChI=1S/C25H21F4N3O3/c1-16(31-24(33)25(27,28)29)23(15-34-20-5-3-2-4-6-20)35-21-11-12-22-17(13-21)14-30-32(22)19-9-7-18(26)8-10-19/h2-14,16,23H,15H2,1H3,(H,31,33). The van der Waals surface area contributed by atoms with Crippen molar-refractivity contribution >= 4 is 16.8 Å². The predicted octanol–water partition coefficient (Wildman–Crippen LogP) is 5.06. The number of aromatic nitrogens is 2. The number of carbonyl (C=O) groups is 1. The van der Waals surface area contributed by atoms with Crippen LogP contribution in [0, 0.1) is 5.82 Å². The van der Waals surface area contributed by atoms with Crippen LogP contribution >= 0.6 is 0 Å². The molecule has 182 valence electrons. The number of fused-ring (bicyclic) bond motifs is 1. The van der Waals surface area contributed by atoms with Crippen molar-refractivity contribution in [3.05, 3.63) is 84.8 Å². The molecule has 1 aromatic heterocycles.